The van der Waals surface area contributed by atoms with Crippen LogP contribution in [0.2, 0.25) is 0 Å². The molecule has 0 saturated heterocycles. The molecule has 0 aliphatic heterocycles. The Hall–Kier alpha value is -1.17. The standard InChI is InChI=1S/C12H14BrF2NO2/c1-12(2,11(17)18-3)6-16-10-8(14)4-7(13)5-9(10)15/h4-5,16H,6H2,1-3H3. The van der Waals surface area contributed by atoms with Crippen LogP contribution in [0.3, 0.4) is 0 Å². The predicted octanol–water partition coefficient (Wildman–Crippen LogP) is 3.34. The quantitative estimate of drug-likeness (QED) is 0.864. The minimum absolute atomic E-state index is 0.0646. The molecular weight excluding hydrogens is 308 g/mol. The zero-order valence-corrected chi connectivity index (χ0v) is 11.9. The minimum Gasteiger partial charge on any atom is -0.469 e. The Morgan fingerprint density at radius 1 is 1.39 bits per heavy atom. The third-order valence-corrected chi connectivity index (χ3v) is 2.91. The Kier molecular flexibility index (Phi) is 4.67. The zero-order chi connectivity index (χ0) is 13.9. The molecule has 1 aromatic carbocycles. The van der Waals surface area contributed by atoms with Gasteiger partial charge >= 0.3 is 5.97 Å². The van der Waals surface area contributed by atoms with Gasteiger partial charge in [0.2, 0.25) is 0 Å². The summed E-state index contributed by atoms with van der Waals surface area (Å²) in [6.07, 6.45) is 0. The molecule has 0 unspecified atom stereocenters. The van der Waals surface area contributed by atoms with Crippen LogP contribution in [0.15, 0.2) is 16.6 Å². The molecule has 0 spiro atoms. The zero-order valence-electron chi connectivity index (χ0n) is 10.3. The van der Waals surface area contributed by atoms with Gasteiger partial charge in [0.25, 0.3) is 0 Å². The van der Waals surface area contributed by atoms with E-state index >= 15 is 0 Å². The molecule has 0 atom stereocenters. The van der Waals surface area contributed by atoms with E-state index < -0.39 is 23.0 Å². The number of carbonyl (C=O) groups excluding carboxylic acids is 1. The Morgan fingerprint density at radius 3 is 2.33 bits per heavy atom. The molecule has 0 aliphatic rings. The molecule has 0 radical (unpaired) electrons. The smallest absolute Gasteiger partial charge is 0.313 e. The molecule has 0 saturated carbocycles. The number of carbonyl (C=O) groups is 1. The number of rotatable bonds is 4. The number of ether oxygens (including phenoxy) is 1. The Morgan fingerprint density at radius 2 is 1.89 bits per heavy atom. The van der Waals surface area contributed by atoms with E-state index in [2.05, 4.69) is 26.0 Å². The monoisotopic (exact) mass is 321 g/mol. The normalized spacial score (nSPS) is 11.2. The van der Waals surface area contributed by atoms with Crippen molar-refractivity contribution in [1.82, 2.24) is 0 Å². The Balaban J connectivity index is 2.84. The van der Waals surface area contributed by atoms with Crippen LogP contribution in [0.25, 0.3) is 0 Å². The molecule has 0 aromatic heterocycles. The highest BCUT2D eigenvalue weighted by molar-refractivity contribution is 9.10. The van der Waals surface area contributed by atoms with Crippen molar-refractivity contribution >= 4 is 27.6 Å². The maximum atomic E-state index is 13.5. The summed E-state index contributed by atoms with van der Waals surface area (Å²) in [5.41, 5.74) is -1.13. The van der Waals surface area contributed by atoms with Gasteiger partial charge in [-0.05, 0) is 26.0 Å². The van der Waals surface area contributed by atoms with Crippen molar-refractivity contribution < 1.29 is 18.3 Å². The molecule has 1 rings (SSSR count). The summed E-state index contributed by atoms with van der Waals surface area (Å²) in [5.74, 6) is -1.89. The van der Waals surface area contributed by atoms with Crippen LogP contribution in [0.5, 0.6) is 0 Å². The van der Waals surface area contributed by atoms with Gasteiger partial charge in [-0.25, -0.2) is 8.78 Å². The number of halogens is 3. The lowest BCUT2D eigenvalue weighted by Crippen LogP contribution is -2.33. The van der Waals surface area contributed by atoms with Crippen LogP contribution in [0.1, 0.15) is 13.8 Å². The number of esters is 1. The van der Waals surface area contributed by atoms with Gasteiger partial charge in [-0.1, -0.05) is 15.9 Å². The van der Waals surface area contributed by atoms with Gasteiger partial charge in [-0.3, -0.25) is 4.79 Å². The van der Waals surface area contributed by atoms with Gasteiger partial charge < -0.3 is 10.1 Å². The SMILES string of the molecule is COC(=O)C(C)(C)CNc1c(F)cc(Br)cc1F. The number of hydrogen-bond acceptors (Lipinski definition) is 3. The lowest BCUT2D eigenvalue weighted by Gasteiger charge is -2.22. The van der Waals surface area contributed by atoms with Gasteiger partial charge in [0, 0.05) is 11.0 Å². The topological polar surface area (TPSA) is 38.3 Å². The van der Waals surface area contributed by atoms with E-state index in [9.17, 15) is 13.6 Å². The highest BCUT2D eigenvalue weighted by Crippen LogP contribution is 2.25. The molecule has 100 valence electrons. The summed E-state index contributed by atoms with van der Waals surface area (Å²) in [6, 6.07) is 2.30. The van der Waals surface area contributed by atoms with Crippen molar-refractivity contribution in [2.75, 3.05) is 19.0 Å². The summed E-state index contributed by atoms with van der Waals surface area (Å²) in [6.45, 7) is 3.32. The molecule has 18 heavy (non-hydrogen) atoms. The molecule has 3 nitrogen and oxygen atoms in total. The van der Waals surface area contributed by atoms with E-state index in [0.717, 1.165) is 12.1 Å². The summed E-state index contributed by atoms with van der Waals surface area (Å²) in [4.78, 5) is 11.4. The van der Waals surface area contributed by atoms with Crippen molar-refractivity contribution in [3.05, 3.63) is 28.2 Å². The molecule has 0 fully saturated rings. The average Bonchev–Trinajstić information content (AvgIpc) is 2.26. The maximum absolute atomic E-state index is 13.5. The first-order chi connectivity index (χ1) is 8.27. The van der Waals surface area contributed by atoms with Crippen molar-refractivity contribution in [2.24, 2.45) is 5.41 Å². The molecule has 6 heteroatoms. The largest absolute Gasteiger partial charge is 0.469 e. The summed E-state index contributed by atoms with van der Waals surface area (Å²) < 4.78 is 32.0. The second kappa shape index (κ2) is 5.65. The van der Waals surface area contributed by atoms with Crippen LogP contribution in [-0.2, 0) is 9.53 Å². The Labute approximate surface area is 113 Å². The van der Waals surface area contributed by atoms with E-state index in [1.165, 1.54) is 7.11 Å². The van der Waals surface area contributed by atoms with Crippen molar-refractivity contribution in [1.29, 1.82) is 0 Å². The number of nitrogens with one attached hydrogen (secondary N) is 1. The first-order valence-electron chi connectivity index (χ1n) is 5.25. The fourth-order valence-corrected chi connectivity index (χ4v) is 1.77. The summed E-state index contributed by atoms with van der Waals surface area (Å²) in [7, 11) is 1.27. The molecular formula is C12H14BrF2NO2. The van der Waals surface area contributed by atoms with Gasteiger partial charge in [0.1, 0.15) is 17.3 Å². The fraction of sp³-hybridized carbons (Fsp3) is 0.417. The van der Waals surface area contributed by atoms with Crippen molar-refractivity contribution in [2.45, 2.75) is 13.8 Å². The van der Waals surface area contributed by atoms with Crippen molar-refractivity contribution in [3.8, 4) is 0 Å². The van der Waals surface area contributed by atoms with E-state index in [0.29, 0.717) is 4.47 Å². The lowest BCUT2D eigenvalue weighted by molar-refractivity contribution is -0.149. The van der Waals surface area contributed by atoms with E-state index in [1.807, 2.05) is 0 Å². The highest BCUT2D eigenvalue weighted by Gasteiger charge is 2.29. The third-order valence-electron chi connectivity index (χ3n) is 2.45. The maximum Gasteiger partial charge on any atom is 0.313 e. The highest BCUT2D eigenvalue weighted by atomic mass is 79.9. The number of benzene rings is 1. The molecule has 0 bridgehead atoms. The molecule has 0 aliphatic carbocycles. The second-order valence-electron chi connectivity index (χ2n) is 4.47. The number of methoxy groups -OCH3 is 1. The van der Waals surface area contributed by atoms with E-state index in [4.69, 9.17) is 0 Å². The van der Waals surface area contributed by atoms with Gasteiger partial charge in [0.05, 0.1) is 12.5 Å². The fourth-order valence-electron chi connectivity index (χ4n) is 1.37. The third kappa shape index (κ3) is 3.41. The molecule has 0 heterocycles. The summed E-state index contributed by atoms with van der Waals surface area (Å²) >= 11 is 2.99. The van der Waals surface area contributed by atoms with Crippen LogP contribution in [0.4, 0.5) is 14.5 Å². The summed E-state index contributed by atoms with van der Waals surface area (Å²) in [5, 5.41) is 2.59. The Bertz CT molecular complexity index is 440. The first kappa shape index (κ1) is 14.9. The molecule has 0 amide bonds. The van der Waals surface area contributed by atoms with Gasteiger partial charge in [0.15, 0.2) is 0 Å². The first-order valence-corrected chi connectivity index (χ1v) is 6.04. The van der Waals surface area contributed by atoms with Crippen LogP contribution >= 0.6 is 15.9 Å². The number of hydrogen-bond donors (Lipinski definition) is 1. The van der Waals surface area contributed by atoms with Crippen LogP contribution in [0, 0.1) is 17.0 Å². The lowest BCUT2D eigenvalue weighted by atomic mass is 9.93. The minimum atomic E-state index is -0.874. The van der Waals surface area contributed by atoms with Gasteiger partial charge in [-0.2, -0.15) is 0 Å². The van der Waals surface area contributed by atoms with Crippen molar-refractivity contribution in [3.63, 3.8) is 0 Å². The van der Waals surface area contributed by atoms with Gasteiger partial charge in [-0.15, -0.1) is 0 Å². The van der Waals surface area contributed by atoms with Crippen LogP contribution in [-0.4, -0.2) is 19.6 Å². The second-order valence-corrected chi connectivity index (χ2v) is 5.39. The molecule has 1 aromatic rings. The van der Waals surface area contributed by atoms with Crippen LogP contribution < -0.4 is 5.32 Å². The number of anilines is 1. The predicted molar refractivity (Wildman–Crippen MR) is 68.3 cm³/mol. The average molecular weight is 322 g/mol. The van der Waals surface area contributed by atoms with E-state index in [-0.39, 0.29) is 12.2 Å². The molecule has 1 N–H and O–H groups in total. The van der Waals surface area contributed by atoms with E-state index in [1.54, 1.807) is 13.8 Å².